The maximum Gasteiger partial charge on any atom is 0.258 e. The van der Waals surface area contributed by atoms with E-state index in [0.29, 0.717) is 41.8 Å². The Hall–Kier alpha value is -3.03. The summed E-state index contributed by atoms with van der Waals surface area (Å²) < 4.78 is 7.70. The van der Waals surface area contributed by atoms with Crippen LogP contribution in [0.25, 0.3) is 10.8 Å². The lowest BCUT2D eigenvalue weighted by Crippen LogP contribution is -2.38. The number of nitrogens with zero attached hydrogens (tertiary/aromatic N) is 1. The number of unbranched alkanes of at least 4 members (excludes halogenated alkanes) is 1. The highest BCUT2D eigenvalue weighted by atomic mass is 16.5. The molecule has 0 bridgehead atoms. The van der Waals surface area contributed by atoms with Crippen LogP contribution in [0.3, 0.4) is 0 Å². The van der Waals surface area contributed by atoms with Crippen molar-refractivity contribution in [2.75, 3.05) is 6.61 Å². The topological polar surface area (TPSA) is 126 Å². The number of benzene rings is 1. The quantitative estimate of drug-likeness (QED) is 0.558. The molecule has 8 heteroatoms. The molecule has 0 aliphatic heterocycles. The Labute approximate surface area is 182 Å². The Kier molecular flexibility index (Phi) is 8.08. The molecule has 2 aromatic rings. The number of amides is 2. The van der Waals surface area contributed by atoms with Crippen LogP contribution in [0.2, 0.25) is 0 Å². The third-order valence-electron chi connectivity index (χ3n) is 4.83. The Balaban J connectivity index is 2.74. The molecule has 0 atom stereocenters. The van der Waals surface area contributed by atoms with Crippen LogP contribution in [0, 0.1) is 5.41 Å². The normalized spacial score (nSPS) is 11.5. The van der Waals surface area contributed by atoms with Crippen LogP contribution >= 0.6 is 0 Å². The van der Waals surface area contributed by atoms with Gasteiger partial charge in [-0.3, -0.25) is 9.59 Å². The van der Waals surface area contributed by atoms with Crippen molar-refractivity contribution in [2.24, 2.45) is 11.1 Å². The molecular formula is C23H32N3O5-. The number of carbonyl (C=O) groups excluding carboxylic acids is 2. The van der Waals surface area contributed by atoms with Crippen LogP contribution in [-0.2, 0) is 24.3 Å². The summed E-state index contributed by atoms with van der Waals surface area (Å²) in [7, 11) is 0. The molecule has 0 aliphatic carbocycles. The van der Waals surface area contributed by atoms with Crippen LogP contribution in [0.15, 0.2) is 23.0 Å². The summed E-state index contributed by atoms with van der Waals surface area (Å²) >= 11 is 0. The fourth-order valence-electron chi connectivity index (χ4n) is 3.39. The summed E-state index contributed by atoms with van der Waals surface area (Å²) in [5, 5.41) is 14.5. The van der Waals surface area contributed by atoms with E-state index in [2.05, 4.69) is 5.32 Å². The molecule has 3 N–H and O–H groups in total. The van der Waals surface area contributed by atoms with Gasteiger partial charge in [0.2, 0.25) is 5.91 Å². The van der Waals surface area contributed by atoms with Crippen molar-refractivity contribution in [3.05, 3.63) is 39.8 Å². The minimum absolute atomic E-state index is 0.115. The molecule has 0 fully saturated rings. The number of ether oxygens (including phenoxy) is 1. The van der Waals surface area contributed by atoms with Gasteiger partial charge in [-0.05, 0) is 36.0 Å². The molecule has 170 valence electrons. The van der Waals surface area contributed by atoms with Gasteiger partial charge in [-0.25, -0.2) is 0 Å². The van der Waals surface area contributed by atoms with Gasteiger partial charge in [-0.1, -0.05) is 40.2 Å². The number of hydrogen-bond acceptors (Lipinski definition) is 5. The predicted octanol–water partition coefficient (Wildman–Crippen LogP) is 2.08. The van der Waals surface area contributed by atoms with Crippen molar-refractivity contribution in [2.45, 2.75) is 66.5 Å². The van der Waals surface area contributed by atoms with Crippen molar-refractivity contribution in [1.82, 2.24) is 9.88 Å². The number of carboxylic acid groups (broad SMARTS) is 1. The van der Waals surface area contributed by atoms with Gasteiger partial charge in [-0.15, -0.1) is 0 Å². The average Bonchev–Trinajstić information content (AvgIpc) is 2.67. The summed E-state index contributed by atoms with van der Waals surface area (Å²) in [6, 6.07) is 5.36. The van der Waals surface area contributed by atoms with Crippen LogP contribution in [0.1, 0.15) is 58.2 Å². The molecule has 1 aromatic carbocycles. The standard InChI is InChI=1S/C23H33N3O5/c1-5-6-11-31-20-17-12-15(8-10-19(24)27)7-9-16(17)21(28)26(14-23(2,3)4)18(20)13-25-22(29)30/h7,9,12,25H,5-6,8,10-11,13-14H2,1-4H3,(H2,24,27)(H,29,30)/p-1. The van der Waals surface area contributed by atoms with Crippen molar-refractivity contribution in [3.63, 3.8) is 0 Å². The average molecular weight is 431 g/mol. The number of aryl methyl sites for hydroxylation is 1. The smallest absolute Gasteiger partial charge is 0.258 e. The Morgan fingerprint density at radius 3 is 2.52 bits per heavy atom. The Morgan fingerprint density at radius 2 is 1.94 bits per heavy atom. The fourth-order valence-corrected chi connectivity index (χ4v) is 3.39. The van der Waals surface area contributed by atoms with E-state index < -0.39 is 12.0 Å². The Morgan fingerprint density at radius 1 is 1.23 bits per heavy atom. The van der Waals surface area contributed by atoms with E-state index in [1.165, 1.54) is 0 Å². The van der Waals surface area contributed by atoms with Crippen molar-refractivity contribution in [1.29, 1.82) is 0 Å². The molecule has 8 nitrogen and oxygen atoms in total. The van der Waals surface area contributed by atoms with Gasteiger partial charge in [0.25, 0.3) is 5.56 Å². The minimum Gasteiger partial charge on any atom is -0.530 e. The zero-order valence-corrected chi connectivity index (χ0v) is 18.7. The number of carbonyl (C=O) groups is 2. The van der Waals surface area contributed by atoms with Crippen LogP contribution in [-0.4, -0.2) is 23.2 Å². The maximum atomic E-state index is 13.4. The van der Waals surface area contributed by atoms with Crippen LogP contribution in [0.4, 0.5) is 4.79 Å². The second-order valence-electron chi connectivity index (χ2n) is 8.92. The summed E-state index contributed by atoms with van der Waals surface area (Å²) in [4.78, 5) is 35.7. The van der Waals surface area contributed by atoms with Gasteiger partial charge in [0, 0.05) is 18.4 Å². The molecule has 2 rings (SSSR count). The molecule has 2 amide bonds. The lowest BCUT2D eigenvalue weighted by molar-refractivity contribution is -0.251. The fraction of sp³-hybridized carbons (Fsp3) is 0.522. The van der Waals surface area contributed by atoms with E-state index in [9.17, 15) is 19.5 Å². The zero-order chi connectivity index (χ0) is 23.2. The molecule has 0 saturated carbocycles. The summed E-state index contributed by atoms with van der Waals surface area (Å²) in [5.74, 6) is 0.0703. The van der Waals surface area contributed by atoms with E-state index in [-0.39, 0.29) is 23.9 Å². The minimum atomic E-state index is -1.43. The molecule has 0 radical (unpaired) electrons. The van der Waals surface area contributed by atoms with Gasteiger partial charge in [-0.2, -0.15) is 0 Å². The van der Waals surface area contributed by atoms with Gasteiger partial charge in [0.1, 0.15) is 11.8 Å². The highest BCUT2D eigenvalue weighted by Gasteiger charge is 2.22. The second-order valence-corrected chi connectivity index (χ2v) is 8.92. The summed E-state index contributed by atoms with van der Waals surface area (Å²) in [5.41, 5.74) is 6.13. The predicted molar refractivity (Wildman–Crippen MR) is 118 cm³/mol. The van der Waals surface area contributed by atoms with Gasteiger partial charge in [0.05, 0.1) is 24.2 Å². The highest BCUT2D eigenvalue weighted by Crippen LogP contribution is 2.31. The summed E-state index contributed by atoms with van der Waals surface area (Å²) in [6.07, 6.45) is 0.948. The van der Waals surface area contributed by atoms with Crippen LogP contribution in [0.5, 0.6) is 5.75 Å². The lowest BCUT2D eigenvalue weighted by atomic mass is 9.95. The molecule has 1 heterocycles. The first-order valence-corrected chi connectivity index (χ1v) is 10.6. The SMILES string of the molecule is CCCCOc1c(CNC(=O)[O-])n(CC(C)(C)C)c(=O)c2ccc(CCC(N)=O)cc12. The van der Waals surface area contributed by atoms with Crippen molar-refractivity contribution >= 4 is 22.8 Å². The highest BCUT2D eigenvalue weighted by molar-refractivity contribution is 5.89. The number of pyridine rings is 1. The monoisotopic (exact) mass is 430 g/mol. The van der Waals surface area contributed by atoms with E-state index in [4.69, 9.17) is 10.5 Å². The number of nitrogens with two attached hydrogens (primary N) is 1. The largest absolute Gasteiger partial charge is 0.530 e. The van der Waals surface area contributed by atoms with Crippen molar-refractivity contribution < 1.29 is 19.4 Å². The van der Waals surface area contributed by atoms with E-state index in [1.807, 2.05) is 39.8 Å². The third kappa shape index (κ3) is 6.73. The lowest BCUT2D eigenvalue weighted by Gasteiger charge is -2.26. The second kappa shape index (κ2) is 10.3. The Bertz CT molecular complexity index is 1000. The van der Waals surface area contributed by atoms with Gasteiger partial charge < -0.3 is 30.3 Å². The zero-order valence-electron chi connectivity index (χ0n) is 18.7. The van der Waals surface area contributed by atoms with E-state index in [1.54, 1.807) is 10.6 Å². The number of primary amides is 1. The van der Waals surface area contributed by atoms with E-state index in [0.717, 1.165) is 18.4 Å². The molecule has 0 unspecified atom stereocenters. The van der Waals surface area contributed by atoms with Gasteiger partial charge >= 0.3 is 0 Å². The number of nitrogens with one attached hydrogen (secondary N) is 1. The number of fused-ring (bicyclic) bond motifs is 1. The number of rotatable bonds is 10. The molecule has 0 spiro atoms. The van der Waals surface area contributed by atoms with Crippen molar-refractivity contribution in [3.8, 4) is 5.75 Å². The van der Waals surface area contributed by atoms with Crippen LogP contribution < -0.4 is 26.5 Å². The molecule has 0 aliphatic rings. The third-order valence-corrected chi connectivity index (χ3v) is 4.83. The number of hydrogen-bond donors (Lipinski definition) is 2. The van der Waals surface area contributed by atoms with E-state index >= 15 is 0 Å². The number of aromatic nitrogens is 1. The molecule has 1 aromatic heterocycles. The molecule has 31 heavy (non-hydrogen) atoms. The first-order chi connectivity index (χ1) is 14.5. The molecular weight excluding hydrogens is 398 g/mol. The first kappa shape index (κ1) is 24.2. The maximum absolute atomic E-state index is 13.4. The molecule has 0 saturated heterocycles. The first-order valence-electron chi connectivity index (χ1n) is 10.6. The summed E-state index contributed by atoms with van der Waals surface area (Å²) in [6.45, 7) is 8.76. The van der Waals surface area contributed by atoms with Gasteiger partial charge in [0.15, 0.2) is 0 Å².